The zero-order valence-electron chi connectivity index (χ0n) is 19.6. The van der Waals surface area contributed by atoms with Crippen LogP contribution < -0.4 is 5.32 Å². The lowest BCUT2D eigenvalue weighted by Gasteiger charge is -2.55. The number of carbonyl (C=O) groups excluding carboxylic acids is 2. The molecule has 7 heteroatoms. The van der Waals surface area contributed by atoms with Crippen LogP contribution in [0.4, 0.5) is 5.69 Å². The average molecular weight is 455 g/mol. The molecule has 0 bridgehead atoms. The van der Waals surface area contributed by atoms with Gasteiger partial charge in [0, 0.05) is 24.2 Å². The SMILES string of the molecule is C=CCN1C(=O)C[C@@]2(O[Si](C)(C)C)c3ccccc3N[C@@]12C(C=C)(C=C)CCC(=O)OC. The van der Waals surface area contributed by atoms with E-state index in [-0.39, 0.29) is 24.7 Å². The van der Waals surface area contributed by atoms with Crippen LogP contribution in [0, 0.1) is 5.41 Å². The molecule has 0 unspecified atom stereocenters. The molecule has 1 fully saturated rings. The van der Waals surface area contributed by atoms with Gasteiger partial charge in [-0.05, 0) is 32.1 Å². The number of amides is 1. The molecule has 2 heterocycles. The summed E-state index contributed by atoms with van der Waals surface area (Å²) in [5, 5.41) is 3.68. The Labute approximate surface area is 192 Å². The van der Waals surface area contributed by atoms with Gasteiger partial charge >= 0.3 is 5.97 Å². The first kappa shape index (κ1) is 24.0. The molecule has 0 saturated carbocycles. The summed E-state index contributed by atoms with van der Waals surface area (Å²) in [6.45, 7) is 18.9. The van der Waals surface area contributed by atoms with E-state index in [1.165, 1.54) is 7.11 Å². The lowest BCUT2D eigenvalue weighted by molar-refractivity contribution is -0.142. The number of methoxy groups -OCH3 is 1. The predicted molar refractivity (Wildman–Crippen MR) is 130 cm³/mol. The van der Waals surface area contributed by atoms with E-state index in [2.05, 4.69) is 44.7 Å². The van der Waals surface area contributed by atoms with Crippen LogP contribution in [0.5, 0.6) is 0 Å². The van der Waals surface area contributed by atoms with Crippen LogP contribution in [0.3, 0.4) is 0 Å². The number of nitrogens with zero attached hydrogens (tertiary/aromatic N) is 1. The Morgan fingerprint density at radius 1 is 1.25 bits per heavy atom. The summed E-state index contributed by atoms with van der Waals surface area (Å²) in [5.41, 5.74) is -1.10. The highest BCUT2D eigenvalue weighted by Crippen LogP contribution is 2.65. The molecule has 0 spiro atoms. The molecule has 0 aromatic heterocycles. The van der Waals surface area contributed by atoms with Crippen LogP contribution in [0.1, 0.15) is 24.8 Å². The minimum atomic E-state index is -2.18. The van der Waals surface area contributed by atoms with Crippen molar-refractivity contribution in [2.24, 2.45) is 5.41 Å². The van der Waals surface area contributed by atoms with Gasteiger partial charge in [0.25, 0.3) is 0 Å². The molecule has 172 valence electrons. The second-order valence-corrected chi connectivity index (χ2v) is 13.8. The number of likely N-dealkylation sites (tertiary alicyclic amines) is 1. The van der Waals surface area contributed by atoms with Crippen molar-refractivity contribution in [1.29, 1.82) is 0 Å². The number of rotatable bonds is 10. The van der Waals surface area contributed by atoms with Gasteiger partial charge in [-0.15, -0.1) is 19.7 Å². The van der Waals surface area contributed by atoms with Gasteiger partial charge in [-0.1, -0.05) is 36.4 Å². The van der Waals surface area contributed by atoms with Crippen LogP contribution in [0.15, 0.2) is 62.2 Å². The maximum absolute atomic E-state index is 13.6. The monoisotopic (exact) mass is 454 g/mol. The number of para-hydroxylation sites is 1. The molecule has 1 aromatic carbocycles. The van der Waals surface area contributed by atoms with Gasteiger partial charge in [-0.25, -0.2) is 0 Å². The van der Waals surface area contributed by atoms with Crippen molar-refractivity contribution >= 4 is 25.9 Å². The Morgan fingerprint density at radius 3 is 2.47 bits per heavy atom. The molecule has 1 aromatic rings. The molecule has 2 aliphatic heterocycles. The quantitative estimate of drug-likeness (QED) is 0.318. The summed E-state index contributed by atoms with van der Waals surface area (Å²) in [7, 11) is -0.805. The van der Waals surface area contributed by atoms with E-state index < -0.39 is 25.0 Å². The first-order chi connectivity index (χ1) is 15.1. The van der Waals surface area contributed by atoms with E-state index in [9.17, 15) is 9.59 Å². The molecule has 2 aliphatic rings. The van der Waals surface area contributed by atoms with Crippen LogP contribution in [0.2, 0.25) is 19.6 Å². The van der Waals surface area contributed by atoms with E-state index in [1.54, 1.807) is 23.1 Å². The molecule has 6 nitrogen and oxygen atoms in total. The Bertz CT molecular complexity index is 946. The maximum Gasteiger partial charge on any atom is 0.305 e. The summed E-state index contributed by atoms with van der Waals surface area (Å²) in [4.78, 5) is 27.5. The zero-order valence-corrected chi connectivity index (χ0v) is 20.6. The van der Waals surface area contributed by atoms with E-state index >= 15 is 0 Å². The van der Waals surface area contributed by atoms with Gasteiger partial charge in [0.05, 0.1) is 18.9 Å². The summed E-state index contributed by atoms with van der Waals surface area (Å²) in [6.07, 6.45) is 5.97. The van der Waals surface area contributed by atoms with Crippen LogP contribution in [-0.2, 0) is 24.4 Å². The number of anilines is 1. The fraction of sp³-hybridized carbons (Fsp3) is 0.440. The Kier molecular flexibility index (Phi) is 6.28. The normalized spacial score (nSPS) is 24.4. The van der Waals surface area contributed by atoms with Crippen LogP contribution in [-0.4, -0.2) is 44.4 Å². The molecular weight excluding hydrogens is 420 g/mol. The summed E-state index contributed by atoms with van der Waals surface area (Å²) in [6, 6.07) is 7.94. The van der Waals surface area contributed by atoms with Gasteiger partial charge in [0.1, 0.15) is 5.60 Å². The smallest absolute Gasteiger partial charge is 0.305 e. The van der Waals surface area contributed by atoms with Crippen molar-refractivity contribution < 1.29 is 18.8 Å². The van der Waals surface area contributed by atoms with E-state index in [1.807, 2.05) is 24.3 Å². The summed E-state index contributed by atoms with van der Waals surface area (Å²) >= 11 is 0. The van der Waals surface area contributed by atoms with Crippen LogP contribution in [0.25, 0.3) is 0 Å². The molecule has 1 saturated heterocycles. The highest BCUT2D eigenvalue weighted by molar-refractivity contribution is 6.69. The first-order valence-corrected chi connectivity index (χ1v) is 14.3. The largest absolute Gasteiger partial charge is 0.469 e. The Hall–Kier alpha value is -2.64. The fourth-order valence-corrected chi connectivity index (χ4v) is 6.79. The second kappa shape index (κ2) is 8.37. The van der Waals surface area contributed by atoms with Crippen molar-refractivity contribution in [2.45, 2.75) is 50.2 Å². The van der Waals surface area contributed by atoms with Gasteiger partial charge in [0.2, 0.25) is 5.91 Å². The number of ether oxygens (including phenoxy) is 1. The van der Waals surface area contributed by atoms with Crippen molar-refractivity contribution in [1.82, 2.24) is 4.90 Å². The van der Waals surface area contributed by atoms with Gasteiger partial charge < -0.3 is 19.4 Å². The third-order valence-corrected chi connectivity index (χ3v) is 7.49. The number of benzene rings is 1. The maximum atomic E-state index is 13.6. The lowest BCUT2D eigenvalue weighted by atomic mass is 9.64. The lowest BCUT2D eigenvalue weighted by Crippen LogP contribution is -2.69. The molecule has 3 rings (SSSR count). The number of hydrogen-bond acceptors (Lipinski definition) is 5. The van der Waals surface area contributed by atoms with Crippen molar-refractivity contribution in [2.75, 3.05) is 19.0 Å². The number of carbonyl (C=O) groups is 2. The highest BCUT2D eigenvalue weighted by atomic mass is 28.4. The minimum Gasteiger partial charge on any atom is -0.469 e. The van der Waals surface area contributed by atoms with Gasteiger partial charge in [-0.3, -0.25) is 9.59 Å². The van der Waals surface area contributed by atoms with E-state index in [4.69, 9.17) is 9.16 Å². The average Bonchev–Trinajstić information content (AvgIpc) is 3.14. The molecule has 0 aliphatic carbocycles. The molecular formula is C25H34N2O4Si. The van der Waals surface area contributed by atoms with Crippen molar-refractivity contribution in [3.05, 3.63) is 67.8 Å². The molecule has 2 atom stereocenters. The number of nitrogens with one attached hydrogen (secondary N) is 1. The molecule has 1 amide bonds. The second-order valence-electron chi connectivity index (χ2n) is 9.42. The molecule has 32 heavy (non-hydrogen) atoms. The van der Waals surface area contributed by atoms with Gasteiger partial charge in [-0.2, -0.15) is 0 Å². The van der Waals surface area contributed by atoms with Crippen molar-refractivity contribution in [3.63, 3.8) is 0 Å². The minimum absolute atomic E-state index is 0.0451. The topological polar surface area (TPSA) is 67.9 Å². The fourth-order valence-electron chi connectivity index (χ4n) is 5.41. The third-order valence-electron chi connectivity index (χ3n) is 6.53. The Morgan fingerprint density at radius 2 is 1.91 bits per heavy atom. The standard InChI is InChI=1S/C25H34N2O4Si/c1-8-17-27-21(28)18-24(31-32(5,6)7)19-13-11-12-14-20(19)26-25(24,27)23(9-2,10-3)16-15-22(29)30-4/h8-14,26H,1-3,15-18H2,4-7H3/t24-,25+/m1/s1. The first-order valence-electron chi connectivity index (χ1n) is 10.9. The van der Waals surface area contributed by atoms with Crippen molar-refractivity contribution in [3.8, 4) is 0 Å². The number of fused-ring (bicyclic) bond motifs is 3. The van der Waals surface area contributed by atoms with E-state index in [0.717, 1.165) is 11.3 Å². The molecule has 0 radical (unpaired) electrons. The number of hydrogen-bond donors (Lipinski definition) is 1. The van der Waals surface area contributed by atoms with E-state index in [0.29, 0.717) is 13.0 Å². The Balaban J connectivity index is 2.36. The summed E-state index contributed by atoms with van der Waals surface area (Å²) in [5.74, 6) is -0.377. The number of esters is 1. The predicted octanol–water partition coefficient (Wildman–Crippen LogP) is 4.59. The van der Waals surface area contributed by atoms with Crippen LogP contribution >= 0.6 is 0 Å². The summed E-state index contributed by atoms with van der Waals surface area (Å²) < 4.78 is 11.9. The van der Waals surface area contributed by atoms with Gasteiger partial charge in [0.15, 0.2) is 14.0 Å². The highest BCUT2D eigenvalue weighted by Gasteiger charge is 2.75. The zero-order chi connectivity index (χ0) is 23.8. The third kappa shape index (κ3) is 3.35. The molecule has 1 N–H and O–H groups in total.